The lowest BCUT2D eigenvalue weighted by molar-refractivity contribution is 0.00268. The van der Waals surface area contributed by atoms with Crippen LogP contribution < -0.4 is 14.8 Å². The van der Waals surface area contributed by atoms with E-state index in [-0.39, 0.29) is 18.5 Å². The summed E-state index contributed by atoms with van der Waals surface area (Å²) < 4.78 is 17.7. The van der Waals surface area contributed by atoms with Crippen LogP contribution in [0.3, 0.4) is 0 Å². The molecule has 0 fully saturated rings. The van der Waals surface area contributed by atoms with Crippen molar-refractivity contribution in [3.05, 3.63) is 89.0 Å². The van der Waals surface area contributed by atoms with Crippen molar-refractivity contribution in [2.24, 2.45) is 0 Å². The summed E-state index contributed by atoms with van der Waals surface area (Å²) in [7, 11) is 0. The Labute approximate surface area is 199 Å². The Morgan fingerprint density at radius 1 is 1.00 bits per heavy atom. The van der Waals surface area contributed by atoms with Gasteiger partial charge in [-0.3, -0.25) is 0 Å². The van der Waals surface area contributed by atoms with E-state index < -0.39 is 6.10 Å². The zero-order valence-corrected chi connectivity index (χ0v) is 19.0. The molecule has 0 amide bonds. The number of aliphatic hydroxyl groups is 2. The number of rotatable bonds is 11. The molecule has 7 nitrogen and oxygen atoms in total. The SMILES string of the molecule is OCc1cc(C(O)CNCCc2ccc3c(c2)OCC(COCc2ccccc2)O3)ccc1O. The highest BCUT2D eigenvalue weighted by molar-refractivity contribution is 5.44. The molecule has 0 bridgehead atoms. The van der Waals surface area contributed by atoms with Gasteiger partial charge in [-0.25, -0.2) is 0 Å². The molecule has 1 heterocycles. The second-order valence-corrected chi connectivity index (χ2v) is 8.35. The lowest BCUT2D eigenvalue weighted by Gasteiger charge is -2.26. The van der Waals surface area contributed by atoms with E-state index in [4.69, 9.17) is 14.2 Å². The number of fused-ring (bicyclic) bond motifs is 1. The molecule has 0 aromatic heterocycles. The minimum absolute atomic E-state index is 0.0241. The molecule has 0 spiro atoms. The maximum absolute atomic E-state index is 10.4. The largest absolute Gasteiger partial charge is 0.508 e. The second-order valence-electron chi connectivity index (χ2n) is 8.35. The fraction of sp³-hybridized carbons (Fsp3) is 0.333. The van der Waals surface area contributed by atoms with E-state index >= 15 is 0 Å². The van der Waals surface area contributed by atoms with Crippen molar-refractivity contribution in [2.75, 3.05) is 26.3 Å². The Balaban J connectivity index is 1.19. The van der Waals surface area contributed by atoms with Gasteiger partial charge in [-0.1, -0.05) is 42.5 Å². The van der Waals surface area contributed by atoms with Gasteiger partial charge in [-0.05, 0) is 53.9 Å². The summed E-state index contributed by atoms with van der Waals surface area (Å²) in [6.07, 6.45) is -0.103. The maximum Gasteiger partial charge on any atom is 0.161 e. The summed E-state index contributed by atoms with van der Waals surface area (Å²) in [5, 5.41) is 32.5. The molecule has 34 heavy (non-hydrogen) atoms. The molecular formula is C27H31NO6. The van der Waals surface area contributed by atoms with Crippen LogP contribution in [-0.2, 0) is 24.4 Å². The minimum Gasteiger partial charge on any atom is -0.508 e. The summed E-state index contributed by atoms with van der Waals surface area (Å²) in [4.78, 5) is 0. The highest BCUT2D eigenvalue weighted by Crippen LogP contribution is 2.33. The van der Waals surface area contributed by atoms with E-state index in [0.29, 0.717) is 44.0 Å². The third-order valence-electron chi connectivity index (χ3n) is 5.73. The van der Waals surface area contributed by atoms with Crippen LogP contribution in [0.1, 0.15) is 28.4 Å². The van der Waals surface area contributed by atoms with E-state index in [1.807, 2.05) is 48.5 Å². The molecule has 2 atom stereocenters. The average molecular weight is 466 g/mol. The molecule has 4 N–H and O–H groups in total. The van der Waals surface area contributed by atoms with Gasteiger partial charge in [0.15, 0.2) is 17.6 Å². The highest BCUT2D eigenvalue weighted by Gasteiger charge is 2.21. The monoisotopic (exact) mass is 465 g/mol. The lowest BCUT2D eigenvalue weighted by Crippen LogP contribution is -2.33. The zero-order chi connectivity index (χ0) is 23.8. The zero-order valence-electron chi connectivity index (χ0n) is 19.0. The summed E-state index contributed by atoms with van der Waals surface area (Å²) >= 11 is 0. The third-order valence-corrected chi connectivity index (χ3v) is 5.73. The van der Waals surface area contributed by atoms with Crippen LogP contribution >= 0.6 is 0 Å². The molecule has 0 saturated carbocycles. The maximum atomic E-state index is 10.4. The van der Waals surface area contributed by atoms with Crippen LogP contribution in [0.25, 0.3) is 0 Å². The van der Waals surface area contributed by atoms with Crippen LogP contribution in [0.5, 0.6) is 17.2 Å². The fourth-order valence-corrected chi connectivity index (χ4v) is 3.81. The Bertz CT molecular complexity index is 1060. The first-order valence-corrected chi connectivity index (χ1v) is 11.5. The number of ether oxygens (including phenoxy) is 3. The van der Waals surface area contributed by atoms with Gasteiger partial charge < -0.3 is 34.8 Å². The molecule has 4 rings (SSSR count). The quantitative estimate of drug-likeness (QED) is 0.323. The number of hydrogen-bond donors (Lipinski definition) is 4. The molecule has 2 unspecified atom stereocenters. The summed E-state index contributed by atoms with van der Waals surface area (Å²) in [5.41, 5.74) is 3.28. The van der Waals surface area contributed by atoms with Gasteiger partial charge in [-0.15, -0.1) is 0 Å². The second kappa shape index (κ2) is 11.9. The average Bonchev–Trinajstić information content (AvgIpc) is 2.87. The number of benzene rings is 3. The van der Waals surface area contributed by atoms with Crippen molar-refractivity contribution >= 4 is 0 Å². The van der Waals surface area contributed by atoms with Crippen molar-refractivity contribution in [1.29, 1.82) is 0 Å². The van der Waals surface area contributed by atoms with Gasteiger partial charge in [-0.2, -0.15) is 0 Å². The number of aromatic hydroxyl groups is 1. The van der Waals surface area contributed by atoms with Gasteiger partial charge in [0.25, 0.3) is 0 Å². The van der Waals surface area contributed by atoms with Gasteiger partial charge >= 0.3 is 0 Å². The summed E-state index contributed by atoms with van der Waals surface area (Å²) in [6, 6.07) is 20.7. The van der Waals surface area contributed by atoms with Crippen LogP contribution in [-0.4, -0.2) is 47.7 Å². The molecule has 180 valence electrons. The summed E-state index contributed by atoms with van der Waals surface area (Å²) in [5.74, 6) is 1.48. The predicted octanol–water partition coefficient (Wildman–Crippen LogP) is 3.11. The van der Waals surface area contributed by atoms with Crippen LogP contribution in [0.15, 0.2) is 66.7 Å². The number of hydrogen-bond acceptors (Lipinski definition) is 7. The van der Waals surface area contributed by atoms with Crippen LogP contribution in [0.4, 0.5) is 0 Å². The molecule has 1 aliphatic rings. The molecule has 0 aliphatic carbocycles. The molecule has 0 saturated heterocycles. The Kier molecular flexibility index (Phi) is 8.38. The topological polar surface area (TPSA) is 100 Å². The lowest BCUT2D eigenvalue weighted by atomic mass is 10.1. The van der Waals surface area contributed by atoms with E-state index in [1.165, 1.54) is 6.07 Å². The molecule has 1 aliphatic heterocycles. The third kappa shape index (κ3) is 6.48. The van der Waals surface area contributed by atoms with E-state index in [1.54, 1.807) is 12.1 Å². The summed E-state index contributed by atoms with van der Waals surface area (Å²) in [6.45, 7) is 2.22. The smallest absolute Gasteiger partial charge is 0.161 e. The minimum atomic E-state index is -0.729. The Morgan fingerprint density at radius 2 is 1.85 bits per heavy atom. The van der Waals surface area contributed by atoms with Crippen molar-refractivity contribution in [1.82, 2.24) is 5.32 Å². The van der Waals surface area contributed by atoms with E-state index in [9.17, 15) is 15.3 Å². The fourth-order valence-electron chi connectivity index (χ4n) is 3.81. The first-order chi connectivity index (χ1) is 16.6. The highest BCUT2D eigenvalue weighted by atomic mass is 16.6. The number of phenols is 1. The van der Waals surface area contributed by atoms with Crippen molar-refractivity contribution in [3.63, 3.8) is 0 Å². The number of nitrogens with one attached hydrogen (secondary N) is 1. The normalized spacial score (nSPS) is 15.8. The van der Waals surface area contributed by atoms with Gasteiger partial charge in [0.05, 0.1) is 25.9 Å². The molecule has 7 heteroatoms. The van der Waals surface area contributed by atoms with Crippen molar-refractivity contribution in [3.8, 4) is 17.2 Å². The standard InChI is InChI=1S/C27H31NO6/c29-15-22-13-21(7-8-24(22)30)25(31)14-28-11-10-19-6-9-26-27(12-19)33-18-23(34-26)17-32-16-20-4-2-1-3-5-20/h1-9,12-13,23,25,28-31H,10-11,14-18H2. The van der Waals surface area contributed by atoms with Gasteiger partial charge in [0, 0.05) is 12.1 Å². The van der Waals surface area contributed by atoms with Crippen LogP contribution in [0, 0.1) is 0 Å². The van der Waals surface area contributed by atoms with Crippen molar-refractivity contribution in [2.45, 2.75) is 31.8 Å². The molecule has 3 aromatic carbocycles. The predicted molar refractivity (Wildman–Crippen MR) is 128 cm³/mol. The number of aliphatic hydroxyl groups excluding tert-OH is 2. The van der Waals surface area contributed by atoms with Gasteiger partial charge in [0.1, 0.15) is 12.4 Å². The first kappa shape index (κ1) is 24.0. The molecule has 0 radical (unpaired) electrons. The molecular weight excluding hydrogens is 434 g/mol. The Morgan fingerprint density at radius 3 is 2.68 bits per heavy atom. The Hall–Kier alpha value is -3.10. The van der Waals surface area contributed by atoms with Gasteiger partial charge in [0.2, 0.25) is 0 Å². The van der Waals surface area contributed by atoms with E-state index in [0.717, 1.165) is 29.0 Å². The first-order valence-electron chi connectivity index (χ1n) is 11.5. The van der Waals surface area contributed by atoms with E-state index in [2.05, 4.69) is 5.32 Å². The van der Waals surface area contributed by atoms with Crippen LogP contribution in [0.2, 0.25) is 0 Å². The molecule has 3 aromatic rings. The van der Waals surface area contributed by atoms with Crippen molar-refractivity contribution < 1.29 is 29.5 Å².